The topological polar surface area (TPSA) is 30.5 Å². The quantitative estimate of drug-likeness (QED) is 0.472. The van der Waals surface area contributed by atoms with E-state index in [0.717, 1.165) is 17.9 Å². The Morgan fingerprint density at radius 2 is 1.88 bits per heavy atom. The van der Waals surface area contributed by atoms with Crippen molar-refractivity contribution in [3.8, 4) is 0 Å². The Bertz CT molecular complexity index is 688. The van der Waals surface area contributed by atoms with E-state index in [0.29, 0.717) is 5.56 Å². The molecule has 0 radical (unpaired) electrons. The van der Waals surface area contributed by atoms with Gasteiger partial charge in [-0.25, -0.2) is 4.39 Å². The van der Waals surface area contributed by atoms with Gasteiger partial charge in [-0.3, -0.25) is 0 Å². The Kier molecular flexibility index (Phi) is 6.78. The lowest BCUT2D eigenvalue weighted by atomic mass is 9.97. The van der Waals surface area contributed by atoms with Crippen LogP contribution in [0.3, 0.4) is 0 Å². The van der Waals surface area contributed by atoms with Crippen molar-refractivity contribution in [3.63, 3.8) is 0 Å². The summed E-state index contributed by atoms with van der Waals surface area (Å²) in [7, 11) is 1.56. The maximum absolute atomic E-state index is 14.5. The molecule has 3 nitrogen and oxygen atoms in total. The minimum atomic E-state index is -0.214. The predicted molar refractivity (Wildman–Crippen MR) is 101 cm³/mol. The molecule has 140 valence electrons. The van der Waals surface area contributed by atoms with Gasteiger partial charge in [0.1, 0.15) is 12.6 Å². The molecule has 26 heavy (non-hydrogen) atoms. The van der Waals surface area contributed by atoms with Gasteiger partial charge in [-0.15, -0.1) is 0 Å². The van der Waals surface area contributed by atoms with Gasteiger partial charge in [0, 0.05) is 24.8 Å². The van der Waals surface area contributed by atoms with Gasteiger partial charge < -0.3 is 14.8 Å². The molecule has 1 saturated carbocycles. The molecule has 1 fully saturated rings. The van der Waals surface area contributed by atoms with Gasteiger partial charge in [0.2, 0.25) is 0 Å². The van der Waals surface area contributed by atoms with E-state index in [1.165, 1.54) is 18.4 Å². The SMILES string of the molecule is COCOCc1ccc([C@H](CC2CC2)N[C@@H](C)c2ccccc2)cc1F. The summed E-state index contributed by atoms with van der Waals surface area (Å²) in [6, 6.07) is 16.3. The Morgan fingerprint density at radius 3 is 2.54 bits per heavy atom. The first-order valence-corrected chi connectivity index (χ1v) is 9.33. The zero-order valence-electron chi connectivity index (χ0n) is 15.6. The van der Waals surface area contributed by atoms with Crippen LogP contribution in [0.4, 0.5) is 4.39 Å². The van der Waals surface area contributed by atoms with Crippen molar-refractivity contribution < 1.29 is 13.9 Å². The fourth-order valence-electron chi connectivity index (χ4n) is 3.26. The van der Waals surface area contributed by atoms with E-state index < -0.39 is 0 Å². The van der Waals surface area contributed by atoms with Crippen LogP contribution in [0.5, 0.6) is 0 Å². The molecule has 1 aliphatic rings. The van der Waals surface area contributed by atoms with Crippen LogP contribution in [0.25, 0.3) is 0 Å². The molecule has 4 heteroatoms. The van der Waals surface area contributed by atoms with Crippen LogP contribution < -0.4 is 5.32 Å². The zero-order valence-corrected chi connectivity index (χ0v) is 15.6. The van der Waals surface area contributed by atoms with Gasteiger partial charge >= 0.3 is 0 Å². The van der Waals surface area contributed by atoms with E-state index in [1.54, 1.807) is 13.2 Å². The van der Waals surface area contributed by atoms with Crippen molar-refractivity contribution in [2.75, 3.05) is 13.9 Å². The minimum absolute atomic E-state index is 0.154. The molecule has 2 aromatic carbocycles. The maximum Gasteiger partial charge on any atom is 0.146 e. The lowest BCUT2D eigenvalue weighted by Crippen LogP contribution is -2.25. The van der Waals surface area contributed by atoms with E-state index in [4.69, 9.17) is 9.47 Å². The second-order valence-corrected chi connectivity index (χ2v) is 7.14. The van der Waals surface area contributed by atoms with Crippen molar-refractivity contribution in [3.05, 3.63) is 71.0 Å². The highest BCUT2D eigenvalue weighted by molar-refractivity contribution is 5.27. The molecule has 1 aliphatic carbocycles. The summed E-state index contributed by atoms with van der Waals surface area (Å²) >= 11 is 0. The predicted octanol–water partition coefficient (Wildman–Crippen LogP) is 5.14. The first kappa shape index (κ1) is 19.0. The molecular formula is C22H28FNO2. The Morgan fingerprint density at radius 1 is 1.12 bits per heavy atom. The minimum Gasteiger partial charge on any atom is -0.359 e. The molecule has 0 spiro atoms. The highest BCUT2D eigenvalue weighted by Gasteiger charge is 2.27. The van der Waals surface area contributed by atoms with Gasteiger partial charge in [-0.2, -0.15) is 0 Å². The van der Waals surface area contributed by atoms with E-state index in [1.807, 2.05) is 18.2 Å². The number of ether oxygens (including phenoxy) is 2. The molecule has 2 aromatic rings. The normalized spacial score (nSPS) is 16.4. The summed E-state index contributed by atoms with van der Waals surface area (Å²) in [4.78, 5) is 0. The molecule has 0 aliphatic heterocycles. The fraction of sp³-hybridized carbons (Fsp3) is 0.455. The van der Waals surface area contributed by atoms with E-state index >= 15 is 0 Å². The molecule has 0 heterocycles. The standard InChI is InChI=1S/C22H28FNO2/c1-16(18-6-4-3-5-7-18)24-22(12-17-8-9-17)19-10-11-20(21(23)13-19)14-26-15-25-2/h3-7,10-11,13,16-17,22,24H,8-9,12,14-15H2,1-2H3/t16-,22-/m0/s1. The number of hydrogen-bond acceptors (Lipinski definition) is 3. The van der Waals surface area contributed by atoms with Gasteiger partial charge in [-0.05, 0) is 36.5 Å². The number of hydrogen-bond donors (Lipinski definition) is 1. The van der Waals surface area contributed by atoms with Gasteiger partial charge in [-0.1, -0.05) is 55.3 Å². The van der Waals surface area contributed by atoms with E-state index in [-0.39, 0.29) is 31.3 Å². The summed E-state index contributed by atoms with van der Waals surface area (Å²) in [5.41, 5.74) is 2.82. The number of nitrogens with one attached hydrogen (secondary N) is 1. The third kappa shape index (κ3) is 5.37. The smallest absolute Gasteiger partial charge is 0.146 e. The average molecular weight is 357 g/mol. The van der Waals surface area contributed by atoms with Gasteiger partial charge in [0.25, 0.3) is 0 Å². The van der Waals surface area contributed by atoms with Crippen molar-refractivity contribution in [1.29, 1.82) is 0 Å². The molecule has 0 unspecified atom stereocenters. The van der Waals surface area contributed by atoms with Crippen LogP contribution in [0, 0.1) is 11.7 Å². The highest BCUT2D eigenvalue weighted by Crippen LogP contribution is 2.38. The van der Waals surface area contributed by atoms with Gasteiger partial charge in [0.15, 0.2) is 0 Å². The van der Waals surface area contributed by atoms with Crippen molar-refractivity contribution in [2.45, 2.75) is 44.9 Å². The van der Waals surface area contributed by atoms with Crippen LogP contribution in [0.2, 0.25) is 0 Å². The van der Waals surface area contributed by atoms with Crippen LogP contribution in [-0.4, -0.2) is 13.9 Å². The maximum atomic E-state index is 14.5. The average Bonchev–Trinajstić information content (AvgIpc) is 3.47. The number of methoxy groups -OCH3 is 1. The molecule has 0 bridgehead atoms. The summed E-state index contributed by atoms with van der Waals surface area (Å²) in [6.45, 7) is 2.56. The van der Waals surface area contributed by atoms with E-state index in [9.17, 15) is 4.39 Å². The number of benzene rings is 2. The summed E-state index contributed by atoms with van der Waals surface area (Å²) in [5, 5.41) is 3.70. The molecule has 0 saturated heterocycles. The Balaban J connectivity index is 1.71. The third-order valence-corrected chi connectivity index (χ3v) is 4.95. The first-order chi connectivity index (χ1) is 12.7. The van der Waals surface area contributed by atoms with Gasteiger partial charge in [0.05, 0.1) is 6.61 Å². The molecule has 3 rings (SSSR count). The summed E-state index contributed by atoms with van der Waals surface area (Å²) in [5.74, 6) is 0.539. The number of rotatable bonds is 10. The zero-order chi connectivity index (χ0) is 18.4. The summed E-state index contributed by atoms with van der Waals surface area (Å²) < 4.78 is 24.6. The number of halogens is 1. The lowest BCUT2D eigenvalue weighted by Gasteiger charge is -2.25. The molecule has 1 N–H and O–H groups in total. The van der Waals surface area contributed by atoms with Crippen LogP contribution in [0.1, 0.15) is 55.0 Å². The van der Waals surface area contributed by atoms with Crippen LogP contribution >= 0.6 is 0 Å². The van der Waals surface area contributed by atoms with Crippen molar-refractivity contribution in [1.82, 2.24) is 5.32 Å². The second kappa shape index (κ2) is 9.26. The third-order valence-electron chi connectivity index (χ3n) is 4.95. The first-order valence-electron chi connectivity index (χ1n) is 9.33. The summed E-state index contributed by atoms with van der Waals surface area (Å²) in [6.07, 6.45) is 3.61. The highest BCUT2D eigenvalue weighted by atomic mass is 19.1. The monoisotopic (exact) mass is 357 g/mol. The van der Waals surface area contributed by atoms with Crippen LogP contribution in [-0.2, 0) is 16.1 Å². The van der Waals surface area contributed by atoms with Crippen LogP contribution in [0.15, 0.2) is 48.5 Å². The Labute approximate surface area is 155 Å². The largest absolute Gasteiger partial charge is 0.359 e. The van der Waals surface area contributed by atoms with Crippen molar-refractivity contribution in [2.24, 2.45) is 5.92 Å². The molecular weight excluding hydrogens is 329 g/mol. The molecule has 0 aromatic heterocycles. The van der Waals surface area contributed by atoms with E-state index in [2.05, 4.69) is 36.5 Å². The van der Waals surface area contributed by atoms with Crippen molar-refractivity contribution >= 4 is 0 Å². The molecule has 2 atom stereocenters. The lowest BCUT2D eigenvalue weighted by molar-refractivity contribution is -0.0398. The Hall–Kier alpha value is -1.75. The second-order valence-electron chi connectivity index (χ2n) is 7.14. The molecule has 0 amide bonds. The fourth-order valence-corrected chi connectivity index (χ4v) is 3.26.